The Morgan fingerprint density at radius 2 is 2.13 bits per heavy atom. The highest BCUT2D eigenvalue weighted by Crippen LogP contribution is 2.14. The second kappa shape index (κ2) is 4.63. The van der Waals surface area contributed by atoms with E-state index in [-0.39, 0.29) is 0 Å². The summed E-state index contributed by atoms with van der Waals surface area (Å²) in [7, 11) is -2.73. The molecule has 15 heavy (non-hydrogen) atoms. The topological polar surface area (TPSA) is 46.2 Å². The molecule has 0 aromatic carbocycles. The minimum Gasteiger partial charge on any atom is -0.309 e. The maximum absolute atomic E-state index is 11.2. The number of thiophene rings is 1. The highest BCUT2D eigenvalue weighted by molar-refractivity contribution is 7.91. The van der Waals surface area contributed by atoms with E-state index in [1.54, 1.807) is 11.3 Å². The molecular weight excluding hydrogens is 230 g/mol. The second-order valence-electron chi connectivity index (χ2n) is 3.89. The van der Waals surface area contributed by atoms with Crippen LogP contribution >= 0.6 is 11.3 Å². The molecule has 0 amide bonds. The Morgan fingerprint density at radius 3 is 2.73 bits per heavy atom. The van der Waals surface area contributed by atoms with Crippen molar-refractivity contribution in [2.75, 3.05) is 11.5 Å². The molecule has 0 atom stereocenters. The van der Waals surface area contributed by atoms with Crippen molar-refractivity contribution in [2.24, 2.45) is 0 Å². The molecule has 0 unspecified atom stereocenters. The predicted octanol–water partition coefficient (Wildman–Crippen LogP) is 1.41. The van der Waals surface area contributed by atoms with Crippen molar-refractivity contribution >= 4 is 21.2 Å². The van der Waals surface area contributed by atoms with Crippen molar-refractivity contribution in [1.29, 1.82) is 0 Å². The molecule has 0 spiro atoms. The van der Waals surface area contributed by atoms with Crippen LogP contribution in [0.1, 0.15) is 17.7 Å². The maximum atomic E-state index is 11.2. The van der Waals surface area contributed by atoms with Gasteiger partial charge in [-0.05, 0) is 24.3 Å². The minimum absolute atomic E-state index is 0.342. The van der Waals surface area contributed by atoms with E-state index in [0.29, 0.717) is 17.5 Å². The third-order valence-electron chi connectivity index (χ3n) is 2.70. The van der Waals surface area contributed by atoms with Gasteiger partial charge in [0.1, 0.15) is 9.84 Å². The van der Waals surface area contributed by atoms with Crippen molar-refractivity contribution < 1.29 is 8.42 Å². The van der Waals surface area contributed by atoms with Crippen LogP contribution in [-0.2, 0) is 16.4 Å². The zero-order valence-corrected chi connectivity index (χ0v) is 10.1. The molecule has 3 nitrogen and oxygen atoms in total. The summed E-state index contributed by atoms with van der Waals surface area (Å²) >= 11 is 1.73. The molecule has 0 radical (unpaired) electrons. The van der Waals surface area contributed by atoms with Gasteiger partial charge in [-0.1, -0.05) is 6.07 Å². The fraction of sp³-hybridized carbons (Fsp3) is 0.600. The lowest BCUT2D eigenvalue weighted by atomic mass is 10.1. The van der Waals surface area contributed by atoms with Gasteiger partial charge in [0.25, 0.3) is 0 Å². The highest BCUT2D eigenvalue weighted by Gasteiger charge is 2.22. The van der Waals surface area contributed by atoms with E-state index in [4.69, 9.17) is 0 Å². The quantitative estimate of drug-likeness (QED) is 0.876. The van der Waals surface area contributed by atoms with E-state index < -0.39 is 9.84 Å². The van der Waals surface area contributed by atoms with Crippen LogP contribution in [-0.4, -0.2) is 26.0 Å². The van der Waals surface area contributed by atoms with E-state index >= 15 is 0 Å². The number of hydrogen-bond acceptors (Lipinski definition) is 4. The first-order valence-corrected chi connectivity index (χ1v) is 7.82. The van der Waals surface area contributed by atoms with Gasteiger partial charge in [-0.15, -0.1) is 11.3 Å². The monoisotopic (exact) mass is 245 g/mol. The molecule has 5 heteroatoms. The molecule has 1 aromatic rings. The molecule has 1 aromatic heterocycles. The first-order valence-electron chi connectivity index (χ1n) is 5.12. The molecular formula is C10H15NO2S2. The summed E-state index contributed by atoms with van der Waals surface area (Å²) in [6.07, 6.45) is 1.52. The van der Waals surface area contributed by atoms with Gasteiger partial charge < -0.3 is 5.32 Å². The van der Waals surface area contributed by atoms with E-state index in [9.17, 15) is 8.42 Å². The Balaban J connectivity index is 1.78. The Hall–Kier alpha value is -0.390. The van der Waals surface area contributed by atoms with Crippen LogP contribution < -0.4 is 5.32 Å². The SMILES string of the molecule is O=S1(=O)CCC(NCc2cccs2)CC1. The van der Waals surface area contributed by atoms with Gasteiger partial charge >= 0.3 is 0 Å². The average molecular weight is 245 g/mol. The van der Waals surface area contributed by atoms with Crippen molar-refractivity contribution in [2.45, 2.75) is 25.4 Å². The zero-order chi connectivity index (χ0) is 10.7. The fourth-order valence-electron chi connectivity index (χ4n) is 1.75. The number of sulfone groups is 1. The van der Waals surface area contributed by atoms with Crippen LogP contribution in [0.3, 0.4) is 0 Å². The Bertz CT molecular complexity index is 383. The molecule has 1 fully saturated rings. The lowest BCUT2D eigenvalue weighted by Crippen LogP contribution is -2.36. The summed E-state index contributed by atoms with van der Waals surface area (Å²) in [5, 5.41) is 5.47. The Kier molecular flexibility index (Phi) is 3.43. The van der Waals surface area contributed by atoms with Gasteiger partial charge in [0, 0.05) is 17.5 Å². The van der Waals surface area contributed by atoms with Gasteiger partial charge in [-0.2, -0.15) is 0 Å². The second-order valence-corrected chi connectivity index (χ2v) is 7.22. The summed E-state index contributed by atoms with van der Waals surface area (Å²) < 4.78 is 22.4. The molecule has 1 aliphatic rings. The summed E-state index contributed by atoms with van der Waals surface area (Å²) in [4.78, 5) is 1.31. The van der Waals surface area contributed by atoms with Crippen LogP contribution in [0, 0.1) is 0 Å². The largest absolute Gasteiger partial charge is 0.309 e. The molecule has 2 heterocycles. The molecule has 1 N–H and O–H groups in total. The molecule has 0 saturated carbocycles. The summed E-state index contributed by atoms with van der Waals surface area (Å²) in [5.41, 5.74) is 0. The van der Waals surface area contributed by atoms with Gasteiger partial charge in [0.05, 0.1) is 11.5 Å². The van der Waals surface area contributed by atoms with Crippen LogP contribution in [0.15, 0.2) is 17.5 Å². The number of nitrogens with one attached hydrogen (secondary N) is 1. The highest BCUT2D eigenvalue weighted by atomic mass is 32.2. The number of rotatable bonds is 3. The summed E-state index contributed by atoms with van der Waals surface area (Å²) in [6, 6.07) is 4.50. The van der Waals surface area contributed by atoms with Crippen molar-refractivity contribution in [3.05, 3.63) is 22.4 Å². The predicted molar refractivity (Wildman–Crippen MR) is 62.8 cm³/mol. The molecule has 2 rings (SSSR count). The molecule has 1 aliphatic heterocycles. The van der Waals surface area contributed by atoms with E-state index in [2.05, 4.69) is 16.8 Å². The van der Waals surface area contributed by atoms with E-state index in [1.165, 1.54) is 4.88 Å². The third kappa shape index (κ3) is 3.29. The maximum Gasteiger partial charge on any atom is 0.150 e. The zero-order valence-electron chi connectivity index (χ0n) is 8.48. The first kappa shape index (κ1) is 11.1. The van der Waals surface area contributed by atoms with Gasteiger partial charge in [-0.3, -0.25) is 0 Å². The van der Waals surface area contributed by atoms with Crippen LogP contribution in [0.5, 0.6) is 0 Å². The normalized spacial score (nSPS) is 21.6. The molecule has 1 saturated heterocycles. The number of hydrogen-bond donors (Lipinski definition) is 1. The van der Waals surface area contributed by atoms with Crippen LogP contribution in [0.25, 0.3) is 0 Å². The molecule has 0 bridgehead atoms. The van der Waals surface area contributed by atoms with Crippen molar-refractivity contribution in [3.63, 3.8) is 0 Å². The van der Waals surface area contributed by atoms with Gasteiger partial charge in [0.15, 0.2) is 0 Å². The lowest BCUT2D eigenvalue weighted by molar-refractivity contribution is 0.465. The van der Waals surface area contributed by atoms with E-state index in [0.717, 1.165) is 19.4 Å². The molecule has 0 aliphatic carbocycles. The first-order chi connectivity index (χ1) is 7.16. The van der Waals surface area contributed by atoms with E-state index in [1.807, 2.05) is 6.07 Å². The third-order valence-corrected chi connectivity index (χ3v) is 5.29. The van der Waals surface area contributed by atoms with Gasteiger partial charge in [0.2, 0.25) is 0 Å². The average Bonchev–Trinajstić information content (AvgIpc) is 2.69. The standard InChI is InChI=1S/C10H15NO2S2/c12-15(13)6-3-9(4-7-15)11-8-10-2-1-5-14-10/h1-2,5,9,11H,3-4,6-8H2. The Labute approximate surface area is 94.4 Å². The smallest absolute Gasteiger partial charge is 0.150 e. The Morgan fingerprint density at radius 1 is 1.40 bits per heavy atom. The lowest BCUT2D eigenvalue weighted by Gasteiger charge is -2.22. The summed E-state index contributed by atoms with van der Waals surface area (Å²) in [5.74, 6) is 0.685. The van der Waals surface area contributed by atoms with Crippen molar-refractivity contribution in [1.82, 2.24) is 5.32 Å². The minimum atomic E-state index is -2.73. The van der Waals surface area contributed by atoms with Gasteiger partial charge in [-0.25, -0.2) is 8.42 Å². The van der Waals surface area contributed by atoms with Crippen molar-refractivity contribution in [3.8, 4) is 0 Å². The summed E-state index contributed by atoms with van der Waals surface area (Å²) in [6.45, 7) is 0.863. The molecule has 84 valence electrons. The fourth-order valence-corrected chi connectivity index (χ4v) is 3.90. The van der Waals surface area contributed by atoms with Crippen LogP contribution in [0.4, 0.5) is 0 Å². The van der Waals surface area contributed by atoms with Crippen LogP contribution in [0.2, 0.25) is 0 Å².